The van der Waals surface area contributed by atoms with Crippen LogP contribution >= 0.6 is 56.7 Å². The number of nitrogens with one attached hydrogen (secondary N) is 1. The molecule has 1 heterocycles. The number of halogens is 6. The number of phenolic OH excluding ortho intramolecular Hbond substituents is 1. The van der Waals surface area contributed by atoms with Crippen molar-refractivity contribution in [2.45, 2.75) is 12.5 Å². The molecule has 0 amide bonds. The molecule has 1 fully saturated rings. The molecule has 1 atom stereocenters. The summed E-state index contributed by atoms with van der Waals surface area (Å²) in [4.78, 5) is 1.77. The van der Waals surface area contributed by atoms with Gasteiger partial charge in [-0.15, -0.1) is 24.8 Å². The van der Waals surface area contributed by atoms with Crippen molar-refractivity contribution in [2.75, 3.05) is 26.2 Å². The van der Waals surface area contributed by atoms with Crippen LogP contribution in [-0.4, -0.2) is 42.6 Å². The van der Waals surface area contributed by atoms with Gasteiger partial charge in [0, 0.05) is 26.2 Å². The molecule has 0 unspecified atom stereocenters. The molecular weight excluding hydrogens is 457 g/mol. The fourth-order valence-corrected chi connectivity index (χ4v) is 3.45. The summed E-state index contributed by atoms with van der Waals surface area (Å²) in [5.74, 6) is 0.0251. The van der Waals surface area contributed by atoms with Gasteiger partial charge in [0.2, 0.25) is 0 Å². The summed E-state index contributed by atoms with van der Waals surface area (Å²) in [5, 5.41) is 12.8. The van der Waals surface area contributed by atoms with Crippen LogP contribution in [0.2, 0.25) is 0 Å². The number of piperazine rings is 1. The number of phenols is 1. The van der Waals surface area contributed by atoms with Gasteiger partial charge >= 0.3 is 0 Å². The van der Waals surface area contributed by atoms with E-state index in [0.29, 0.717) is 40.7 Å². The third-order valence-electron chi connectivity index (χ3n) is 3.16. The van der Waals surface area contributed by atoms with E-state index in [9.17, 15) is 13.9 Å². The predicted octanol–water partition coefficient (Wildman–Crippen LogP) is 3.97. The van der Waals surface area contributed by atoms with Crippen LogP contribution in [0.5, 0.6) is 5.75 Å². The molecule has 21 heavy (non-hydrogen) atoms. The largest absolute Gasteiger partial charge is 0.506 e. The molecule has 1 aromatic carbocycles. The zero-order chi connectivity index (χ0) is 14.0. The predicted molar refractivity (Wildman–Crippen MR) is 91.2 cm³/mol. The van der Waals surface area contributed by atoms with Gasteiger partial charge in [0.25, 0.3) is 6.43 Å². The Labute approximate surface area is 151 Å². The molecule has 1 aromatic rings. The summed E-state index contributed by atoms with van der Waals surface area (Å²) in [7, 11) is 0. The van der Waals surface area contributed by atoms with E-state index in [0.717, 1.165) is 0 Å². The fourth-order valence-electron chi connectivity index (χ4n) is 2.23. The summed E-state index contributed by atoms with van der Waals surface area (Å²) in [5.41, 5.74) is 0.494. The quantitative estimate of drug-likeness (QED) is 0.698. The lowest BCUT2D eigenvalue weighted by Gasteiger charge is -2.34. The van der Waals surface area contributed by atoms with Gasteiger partial charge in [0.05, 0.1) is 15.0 Å². The van der Waals surface area contributed by atoms with Crippen molar-refractivity contribution >= 4 is 56.7 Å². The maximum Gasteiger partial charge on any atom is 0.258 e. The van der Waals surface area contributed by atoms with Crippen LogP contribution in [0.25, 0.3) is 0 Å². The second kappa shape index (κ2) is 9.47. The van der Waals surface area contributed by atoms with E-state index in [1.807, 2.05) is 0 Å². The van der Waals surface area contributed by atoms with Gasteiger partial charge < -0.3 is 10.4 Å². The van der Waals surface area contributed by atoms with E-state index in [1.165, 1.54) is 0 Å². The van der Waals surface area contributed by atoms with Crippen LogP contribution in [0.3, 0.4) is 0 Å². The van der Waals surface area contributed by atoms with Gasteiger partial charge in [-0.2, -0.15) is 0 Å². The molecule has 0 bridgehead atoms. The minimum absolute atomic E-state index is 0. The summed E-state index contributed by atoms with van der Waals surface area (Å²) >= 11 is 6.37. The molecule has 2 N–H and O–H groups in total. The van der Waals surface area contributed by atoms with Gasteiger partial charge in [-0.3, -0.25) is 4.90 Å². The number of alkyl halides is 2. The molecule has 0 spiro atoms. The van der Waals surface area contributed by atoms with Crippen LogP contribution in [0.1, 0.15) is 11.6 Å². The topological polar surface area (TPSA) is 35.5 Å². The van der Waals surface area contributed by atoms with Crippen LogP contribution in [-0.2, 0) is 0 Å². The number of hydrogen-bond donors (Lipinski definition) is 2. The van der Waals surface area contributed by atoms with Crippen molar-refractivity contribution in [2.24, 2.45) is 0 Å². The Balaban J connectivity index is 0.00000200. The summed E-state index contributed by atoms with van der Waals surface area (Å²) < 4.78 is 27.6. The maximum absolute atomic E-state index is 13.4. The first kappa shape index (κ1) is 21.3. The summed E-state index contributed by atoms with van der Waals surface area (Å²) in [6.07, 6.45) is -2.47. The number of nitrogens with zero attached hydrogens (tertiary/aromatic N) is 1. The minimum Gasteiger partial charge on any atom is -0.506 e. The summed E-state index contributed by atoms with van der Waals surface area (Å²) in [6.45, 7) is 2.60. The maximum atomic E-state index is 13.4. The second-order valence-electron chi connectivity index (χ2n) is 4.40. The molecule has 0 radical (unpaired) electrons. The lowest BCUT2D eigenvalue weighted by molar-refractivity contribution is 0.0181. The van der Waals surface area contributed by atoms with Crippen LogP contribution < -0.4 is 5.32 Å². The number of aromatic hydroxyl groups is 1. The molecular formula is C12H16Br2Cl2F2N2O. The molecule has 1 saturated heterocycles. The smallest absolute Gasteiger partial charge is 0.258 e. The Morgan fingerprint density at radius 3 is 2.00 bits per heavy atom. The lowest BCUT2D eigenvalue weighted by Crippen LogP contribution is -2.46. The number of hydrogen-bond acceptors (Lipinski definition) is 3. The zero-order valence-corrected chi connectivity index (χ0v) is 15.7. The van der Waals surface area contributed by atoms with Crippen molar-refractivity contribution < 1.29 is 13.9 Å². The van der Waals surface area contributed by atoms with Crippen molar-refractivity contribution in [3.05, 3.63) is 26.6 Å². The molecule has 2 rings (SSSR count). The van der Waals surface area contributed by atoms with E-state index in [1.54, 1.807) is 17.0 Å². The average Bonchev–Trinajstić information content (AvgIpc) is 2.37. The molecule has 9 heteroatoms. The third-order valence-corrected chi connectivity index (χ3v) is 4.37. The first-order valence-electron chi connectivity index (χ1n) is 5.91. The molecule has 0 aromatic heterocycles. The first-order chi connectivity index (χ1) is 9.00. The molecule has 0 aliphatic carbocycles. The van der Waals surface area contributed by atoms with E-state index in [-0.39, 0.29) is 30.6 Å². The summed E-state index contributed by atoms with van der Waals surface area (Å²) in [6, 6.07) is 2.16. The van der Waals surface area contributed by atoms with Crippen LogP contribution in [0.4, 0.5) is 8.78 Å². The Kier molecular flexibility index (Phi) is 9.63. The van der Waals surface area contributed by atoms with Gasteiger partial charge in [-0.25, -0.2) is 8.78 Å². The first-order valence-corrected chi connectivity index (χ1v) is 7.50. The van der Waals surface area contributed by atoms with Crippen molar-refractivity contribution in [1.29, 1.82) is 0 Å². The Hall–Kier alpha value is 0.340. The second-order valence-corrected chi connectivity index (χ2v) is 6.11. The highest BCUT2D eigenvalue weighted by atomic mass is 79.9. The van der Waals surface area contributed by atoms with Gasteiger partial charge in [-0.1, -0.05) is 0 Å². The molecule has 1 aliphatic heterocycles. The van der Waals surface area contributed by atoms with Crippen LogP contribution in [0, 0.1) is 0 Å². The highest BCUT2D eigenvalue weighted by Crippen LogP contribution is 2.38. The molecule has 122 valence electrons. The minimum atomic E-state index is -2.47. The van der Waals surface area contributed by atoms with Crippen LogP contribution in [0.15, 0.2) is 21.1 Å². The molecule has 0 saturated carbocycles. The van der Waals surface area contributed by atoms with E-state index in [2.05, 4.69) is 37.2 Å². The van der Waals surface area contributed by atoms with E-state index >= 15 is 0 Å². The molecule has 1 aliphatic rings. The Bertz CT molecular complexity index is 440. The number of benzene rings is 1. The van der Waals surface area contributed by atoms with Gasteiger partial charge in [0.15, 0.2) is 0 Å². The Morgan fingerprint density at radius 2 is 1.57 bits per heavy atom. The lowest BCUT2D eigenvalue weighted by atomic mass is 10.0. The fraction of sp³-hybridized carbons (Fsp3) is 0.500. The van der Waals surface area contributed by atoms with Crippen molar-refractivity contribution in [3.8, 4) is 5.75 Å². The van der Waals surface area contributed by atoms with Gasteiger partial charge in [-0.05, 0) is 49.6 Å². The third kappa shape index (κ3) is 5.18. The van der Waals surface area contributed by atoms with Crippen molar-refractivity contribution in [3.63, 3.8) is 0 Å². The van der Waals surface area contributed by atoms with Crippen molar-refractivity contribution in [1.82, 2.24) is 10.2 Å². The van der Waals surface area contributed by atoms with E-state index < -0.39 is 12.5 Å². The number of rotatable bonds is 3. The van der Waals surface area contributed by atoms with Gasteiger partial charge in [0.1, 0.15) is 5.75 Å². The average molecular weight is 473 g/mol. The zero-order valence-electron chi connectivity index (χ0n) is 10.9. The standard InChI is InChI=1S/C12H14Br2F2N2O.2ClH/c13-8-5-7(6-9(14)11(8)19)10(12(15)16)18-3-1-17-2-4-18;;/h5-6,10,12,17,19H,1-4H2;2*1H/t10-;;/m1../s1. The SMILES string of the molecule is Cl.Cl.Oc1c(Br)cc([C@H](C(F)F)N2CCNCC2)cc1Br. The normalized spacial score (nSPS) is 17.0. The van der Waals surface area contributed by atoms with E-state index in [4.69, 9.17) is 0 Å². The highest BCUT2D eigenvalue weighted by Gasteiger charge is 2.30. The highest BCUT2D eigenvalue weighted by molar-refractivity contribution is 9.11. The molecule has 3 nitrogen and oxygen atoms in total. The monoisotopic (exact) mass is 470 g/mol. The Morgan fingerprint density at radius 1 is 1.10 bits per heavy atom.